The minimum Gasteiger partial charge on any atom is -0.373 e. The fourth-order valence-corrected chi connectivity index (χ4v) is 1.64. The van der Waals surface area contributed by atoms with Gasteiger partial charge in [0.05, 0.1) is 5.52 Å². The second kappa shape index (κ2) is 4.33. The summed E-state index contributed by atoms with van der Waals surface area (Å²) in [6.45, 7) is 4.04. The summed E-state index contributed by atoms with van der Waals surface area (Å²) in [6.07, 6.45) is 1.74. The number of aromatic amines is 1. The zero-order chi connectivity index (χ0) is 12.5. The highest BCUT2D eigenvalue weighted by Gasteiger charge is 2.12. The van der Waals surface area contributed by atoms with Crippen LogP contribution in [-0.4, -0.2) is 27.5 Å². The minimum atomic E-state index is -0.164. The van der Waals surface area contributed by atoms with Gasteiger partial charge in [0.1, 0.15) is 11.6 Å². The quantitative estimate of drug-likeness (QED) is 0.750. The fourth-order valence-electron chi connectivity index (χ4n) is 1.64. The second-order valence-electron chi connectivity index (χ2n) is 4.99. The maximum Gasteiger partial charge on any atom is 0.179 e. The number of fused-ring (bicyclic) bond motifs is 1. The zero-order valence-electron chi connectivity index (χ0n) is 10.5. The number of anilines is 1. The number of aromatic nitrogens is 3. The summed E-state index contributed by atoms with van der Waals surface area (Å²) >= 11 is 0. The van der Waals surface area contributed by atoms with E-state index in [2.05, 4.69) is 20.3 Å². The summed E-state index contributed by atoms with van der Waals surface area (Å²) in [7, 11) is 1.85. The molecule has 17 heavy (non-hydrogen) atoms. The van der Waals surface area contributed by atoms with Crippen LogP contribution in [-0.2, 0) is 6.42 Å². The van der Waals surface area contributed by atoms with Crippen molar-refractivity contribution in [3.63, 3.8) is 0 Å². The maximum absolute atomic E-state index is 5.96. The van der Waals surface area contributed by atoms with Crippen LogP contribution in [0.2, 0.25) is 0 Å². The molecule has 2 heterocycles. The van der Waals surface area contributed by atoms with E-state index < -0.39 is 0 Å². The SMILES string of the molecule is CNc1ccc2[nH]c(CCC(C)(C)N)nc2n1. The van der Waals surface area contributed by atoms with Gasteiger partial charge in [0.25, 0.3) is 0 Å². The van der Waals surface area contributed by atoms with Gasteiger partial charge in [-0.25, -0.2) is 9.97 Å². The van der Waals surface area contributed by atoms with Crippen LogP contribution in [0.3, 0.4) is 0 Å². The third-order valence-corrected chi connectivity index (χ3v) is 2.66. The minimum absolute atomic E-state index is 0.164. The average Bonchev–Trinajstić information content (AvgIpc) is 2.66. The molecule has 5 nitrogen and oxygen atoms in total. The first kappa shape index (κ1) is 11.9. The molecule has 0 aliphatic heterocycles. The topological polar surface area (TPSA) is 79.6 Å². The van der Waals surface area contributed by atoms with Crippen LogP contribution in [0.5, 0.6) is 0 Å². The van der Waals surface area contributed by atoms with Crippen molar-refractivity contribution in [3.05, 3.63) is 18.0 Å². The molecule has 0 atom stereocenters. The van der Waals surface area contributed by atoms with Crippen LogP contribution in [0.4, 0.5) is 5.82 Å². The van der Waals surface area contributed by atoms with E-state index in [0.717, 1.165) is 35.6 Å². The van der Waals surface area contributed by atoms with E-state index in [9.17, 15) is 0 Å². The Bertz CT molecular complexity index is 509. The van der Waals surface area contributed by atoms with Gasteiger partial charge in [-0.05, 0) is 32.4 Å². The molecule has 0 amide bonds. The van der Waals surface area contributed by atoms with E-state index >= 15 is 0 Å². The van der Waals surface area contributed by atoms with E-state index in [-0.39, 0.29) is 5.54 Å². The Balaban J connectivity index is 2.20. The molecule has 0 aliphatic carbocycles. The lowest BCUT2D eigenvalue weighted by Gasteiger charge is -2.16. The van der Waals surface area contributed by atoms with Crippen LogP contribution in [0.15, 0.2) is 12.1 Å². The summed E-state index contributed by atoms with van der Waals surface area (Å²) in [5.74, 6) is 1.77. The maximum atomic E-state index is 5.96. The molecule has 0 unspecified atom stereocenters. The van der Waals surface area contributed by atoms with Crippen LogP contribution < -0.4 is 11.1 Å². The van der Waals surface area contributed by atoms with Gasteiger partial charge < -0.3 is 16.0 Å². The largest absolute Gasteiger partial charge is 0.373 e. The molecule has 4 N–H and O–H groups in total. The molecule has 0 saturated heterocycles. The third kappa shape index (κ3) is 2.94. The molecule has 0 fully saturated rings. The van der Waals surface area contributed by atoms with Gasteiger partial charge in [-0.1, -0.05) is 0 Å². The molecular weight excluding hydrogens is 214 g/mol. The Kier molecular flexibility index (Phi) is 3.02. The number of aryl methyl sites for hydroxylation is 1. The first-order valence-electron chi connectivity index (χ1n) is 5.80. The number of imidazole rings is 1. The van der Waals surface area contributed by atoms with Gasteiger partial charge in [0.2, 0.25) is 0 Å². The van der Waals surface area contributed by atoms with Crippen molar-refractivity contribution >= 4 is 17.0 Å². The lowest BCUT2D eigenvalue weighted by atomic mass is 10.0. The zero-order valence-corrected chi connectivity index (χ0v) is 10.5. The van der Waals surface area contributed by atoms with Crippen molar-refractivity contribution in [2.24, 2.45) is 5.73 Å². The molecule has 0 aromatic carbocycles. The number of hydrogen-bond donors (Lipinski definition) is 3. The van der Waals surface area contributed by atoms with Gasteiger partial charge in [-0.3, -0.25) is 0 Å². The number of nitrogens with one attached hydrogen (secondary N) is 2. The Morgan fingerprint density at radius 2 is 2.12 bits per heavy atom. The van der Waals surface area contributed by atoms with E-state index in [1.165, 1.54) is 0 Å². The van der Waals surface area contributed by atoms with Gasteiger partial charge in [-0.2, -0.15) is 0 Å². The molecule has 0 radical (unpaired) electrons. The van der Waals surface area contributed by atoms with Gasteiger partial charge >= 0.3 is 0 Å². The first-order valence-corrected chi connectivity index (χ1v) is 5.80. The number of rotatable bonds is 4. The predicted octanol–water partition coefficient (Wildman–Crippen LogP) is 1.67. The van der Waals surface area contributed by atoms with E-state index in [1.54, 1.807) is 0 Å². The second-order valence-corrected chi connectivity index (χ2v) is 4.99. The average molecular weight is 233 g/mol. The molecule has 2 aromatic rings. The number of pyridine rings is 1. The fraction of sp³-hybridized carbons (Fsp3) is 0.500. The monoisotopic (exact) mass is 233 g/mol. The highest BCUT2D eigenvalue weighted by Crippen LogP contribution is 2.15. The Morgan fingerprint density at radius 3 is 2.76 bits per heavy atom. The highest BCUT2D eigenvalue weighted by atomic mass is 15.0. The number of hydrogen-bond acceptors (Lipinski definition) is 4. The molecule has 0 aliphatic rings. The normalized spacial score (nSPS) is 12.0. The lowest BCUT2D eigenvalue weighted by Crippen LogP contribution is -2.32. The predicted molar refractivity (Wildman–Crippen MR) is 70.0 cm³/mol. The highest BCUT2D eigenvalue weighted by molar-refractivity contribution is 5.72. The lowest BCUT2D eigenvalue weighted by molar-refractivity contribution is 0.472. The number of nitrogens with zero attached hydrogens (tertiary/aromatic N) is 2. The molecule has 0 spiro atoms. The Labute approximate surface area is 101 Å². The summed E-state index contributed by atoms with van der Waals surface area (Å²) in [4.78, 5) is 12.1. The number of H-pyrrole nitrogens is 1. The molecule has 2 rings (SSSR count). The third-order valence-electron chi connectivity index (χ3n) is 2.66. The van der Waals surface area contributed by atoms with Gasteiger partial charge in [-0.15, -0.1) is 0 Å². The van der Waals surface area contributed by atoms with Crippen LogP contribution in [0.25, 0.3) is 11.2 Å². The summed E-state index contributed by atoms with van der Waals surface area (Å²) in [5.41, 5.74) is 7.51. The van der Waals surface area contributed by atoms with Crippen molar-refractivity contribution in [1.82, 2.24) is 15.0 Å². The first-order chi connectivity index (χ1) is 7.98. The Hall–Kier alpha value is -1.62. The number of nitrogens with two attached hydrogens (primary N) is 1. The van der Waals surface area contributed by atoms with Crippen molar-refractivity contribution in [2.45, 2.75) is 32.2 Å². The molecule has 0 saturated carbocycles. The summed E-state index contributed by atoms with van der Waals surface area (Å²) in [6, 6.07) is 3.91. The molecule has 2 aromatic heterocycles. The van der Waals surface area contributed by atoms with Crippen molar-refractivity contribution < 1.29 is 0 Å². The molecule has 92 valence electrons. The van der Waals surface area contributed by atoms with Crippen LogP contribution in [0.1, 0.15) is 26.1 Å². The molecule has 5 heteroatoms. The van der Waals surface area contributed by atoms with E-state index in [1.807, 2.05) is 33.0 Å². The molecule has 0 bridgehead atoms. The van der Waals surface area contributed by atoms with E-state index in [0.29, 0.717) is 0 Å². The van der Waals surface area contributed by atoms with Gasteiger partial charge in [0.15, 0.2) is 5.65 Å². The molecular formula is C12H19N5. The van der Waals surface area contributed by atoms with Crippen molar-refractivity contribution in [2.75, 3.05) is 12.4 Å². The van der Waals surface area contributed by atoms with Crippen molar-refractivity contribution in [3.8, 4) is 0 Å². The van der Waals surface area contributed by atoms with Gasteiger partial charge in [0, 0.05) is 19.0 Å². The van der Waals surface area contributed by atoms with Crippen LogP contribution in [0, 0.1) is 0 Å². The smallest absolute Gasteiger partial charge is 0.179 e. The Morgan fingerprint density at radius 1 is 1.35 bits per heavy atom. The van der Waals surface area contributed by atoms with Crippen molar-refractivity contribution in [1.29, 1.82) is 0 Å². The van der Waals surface area contributed by atoms with E-state index in [4.69, 9.17) is 5.73 Å². The van der Waals surface area contributed by atoms with Crippen LogP contribution >= 0.6 is 0 Å². The summed E-state index contributed by atoms with van der Waals surface area (Å²) in [5, 5.41) is 3.00. The standard InChI is InChI=1S/C12H19N5/c1-12(2,13)7-6-10-15-8-4-5-9(14-3)16-11(8)17-10/h4-5H,6-7,13H2,1-3H3,(H2,14,15,16,17). The summed E-state index contributed by atoms with van der Waals surface area (Å²) < 4.78 is 0.